The maximum absolute atomic E-state index is 14.3. The second-order valence-corrected chi connectivity index (χ2v) is 6.66. The van der Waals surface area contributed by atoms with Gasteiger partial charge in [-0.15, -0.1) is 0 Å². The van der Waals surface area contributed by atoms with Gasteiger partial charge in [-0.2, -0.15) is 0 Å². The van der Waals surface area contributed by atoms with Crippen molar-refractivity contribution in [3.8, 4) is 0 Å². The number of carboxylic acid groups (broad SMARTS) is 1. The van der Waals surface area contributed by atoms with Crippen LogP contribution in [0, 0.1) is 15.9 Å². The molecule has 28 heavy (non-hydrogen) atoms. The molecule has 1 atom stereocenters. The summed E-state index contributed by atoms with van der Waals surface area (Å²) in [5, 5.41) is 20.5. The van der Waals surface area contributed by atoms with Crippen molar-refractivity contribution in [3.63, 3.8) is 0 Å². The minimum absolute atomic E-state index is 0.00395. The highest BCUT2D eigenvalue weighted by atomic mass is 35.5. The zero-order chi connectivity index (χ0) is 20.4. The van der Waals surface area contributed by atoms with Crippen molar-refractivity contribution in [2.24, 2.45) is 0 Å². The van der Waals surface area contributed by atoms with Crippen LogP contribution >= 0.6 is 11.6 Å². The Balaban J connectivity index is 1.96. The summed E-state index contributed by atoms with van der Waals surface area (Å²) in [6.07, 6.45) is -1.12. The zero-order valence-electron chi connectivity index (χ0n) is 14.4. The normalized spacial score (nSPS) is 16.7. The summed E-state index contributed by atoms with van der Waals surface area (Å²) < 4.78 is 14.3. The lowest BCUT2D eigenvalue weighted by Crippen LogP contribution is -2.52. The summed E-state index contributed by atoms with van der Waals surface area (Å²) in [6.45, 7) is 0.0987. The fourth-order valence-corrected chi connectivity index (χ4v) is 3.34. The third kappa shape index (κ3) is 3.89. The molecular formula is C18H15ClFN3O5. The number of rotatable bonds is 3. The Morgan fingerprint density at radius 3 is 2.57 bits per heavy atom. The molecule has 3 rings (SSSR count). The van der Waals surface area contributed by atoms with Crippen molar-refractivity contribution in [2.45, 2.75) is 6.04 Å². The third-order valence-electron chi connectivity index (χ3n) is 4.54. The van der Waals surface area contributed by atoms with Crippen LogP contribution in [-0.4, -0.2) is 51.5 Å². The molecular weight excluding hydrogens is 393 g/mol. The first-order valence-corrected chi connectivity index (χ1v) is 8.64. The Kier molecular flexibility index (Phi) is 5.46. The number of hydrogen-bond donors (Lipinski definition) is 1. The topological polar surface area (TPSA) is 104 Å². The summed E-state index contributed by atoms with van der Waals surface area (Å²) in [6, 6.07) is 8.77. The van der Waals surface area contributed by atoms with Crippen LogP contribution in [0.2, 0.25) is 5.02 Å². The predicted octanol–water partition coefficient (Wildman–Crippen LogP) is 3.56. The van der Waals surface area contributed by atoms with Crippen molar-refractivity contribution in [1.82, 2.24) is 9.80 Å². The monoisotopic (exact) mass is 407 g/mol. The SMILES string of the molecule is O=C(O)N1CCN(C(=O)c2ccc([N+](=O)[O-])cc2F)C(c2cccc(Cl)c2)C1. The van der Waals surface area contributed by atoms with Crippen LogP contribution in [-0.2, 0) is 0 Å². The van der Waals surface area contributed by atoms with Gasteiger partial charge in [-0.1, -0.05) is 23.7 Å². The Morgan fingerprint density at radius 1 is 1.21 bits per heavy atom. The molecule has 1 aliphatic heterocycles. The van der Waals surface area contributed by atoms with Crippen molar-refractivity contribution in [3.05, 3.63) is 74.5 Å². The first kappa shape index (κ1) is 19.6. The van der Waals surface area contributed by atoms with Gasteiger partial charge in [0.1, 0.15) is 5.82 Å². The standard InChI is InChI=1S/C18H15ClFN3O5/c19-12-3-1-2-11(8-12)16-10-21(18(25)26)6-7-22(16)17(24)14-5-4-13(23(27)28)9-15(14)20/h1-5,8-9,16H,6-7,10H2,(H,25,26). The number of hydrogen-bond acceptors (Lipinski definition) is 4. The Hall–Kier alpha value is -3.20. The molecule has 2 aromatic carbocycles. The van der Waals surface area contributed by atoms with Gasteiger partial charge in [-0.05, 0) is 23.8 Å². The van der Waals surface area contributed by atoms with Crippen LogP contribution in [0.1, 0.15) is 22.0 Å². The molecule has 0 aromatic heterocycles. The van der Waals surface area contributed by atoms with E-state index in [0.29, 0.717) is 16.7 Å². The molecule has 0 saturated carbocycles. The number of halogens is 2. The number of piperazine rings is 1. The number of benzene rings is 2. The summed E-state index contributed by atoms with van der Waals surface area (Å²) in [5.74, 6) is -1.69. The molecule has 8 nitrogen and oxygen atoms in total. The van der Waals surface area contributed by atoms with Crippen molar-refractivity contribution in [2.75, 3.05) is 19.6 Å². The summed E-state index contributed by atoms with van der Waals surface area (Å²) in [4.78, 5) is 36.9. The quantitative estimate of drug-likeness (QED) is 0.618. The van der Waals surface area contributed by atoms with Crippen LogP contribution in [0.25, 0.3) is 0 Å². The second kappa shape index (κ2) is 7.81. The van der Waals surface area contributed by atoms with E-state index in [0.717, 1.165) is 12.1 Å². The summed E-state index contributed by atoms with van der Waals surface area (Å²) >= 11 is 6.02. The van der Waals surface area contributed by atoms with Gasteiger partial charge in [0.25, 0.3) is 11.6 Å². The fourth-order valence-electron chi connectivity index (χ4n) is 3.14. The molecule has 1 N–H and O–H groups in total. The van der Waals surface area contributed by atoms with Crippen LogP contribution in [0.15, 0.2) is 42.5 Å². The minimum Gasteiger partial charge on any atom is -0.465 e. The van der Waals surface area contributed by atoms with Crippen molar-refractivity contribution >= 4 is 29.3 Å². The highest BCUT2D eigenvalue weighted by Crippen LogP contribution is 2.30. The first-order chi connectivity index (χ1) is 13.3. The molecule has 1 fully saturated rings. The molecule has 0 spiro atoms. The number of amides is 2. The van der Waals surface area contributed by atoms with E-state index in [1.807, 2.05) is 0 Å². The maximum atomic E-state index is 14.3. The largest absolute Gasteiger partial charge is 0.465 e. The molecule has 1 aliphatic rings. The number of non-ortho nitro benzene ring substituents is 1. The van der Waals surface area contributed by atoms with Gasteiger partial charge >= 0.3 is 6.09 Å². The van der Waals surface area contributed by atoms with E-state index >= 15 is 0 Å². The number of nitrogens with zero attached hydrogens (tertiary/aromatic N) is 3. The number of carbonyl (C=O) groups excluding carboxylic acids is 1. The summed E-state index contributed by atoms with van der Waals surface area (Å²) in [5.41, 5.74) is -0.174. The lowest BCUT2D eigenvalue weighted by molar-refractivity contribution is -0.385. The van der Waals surface area contributed by atoms with Crippen LogP contribution in [0.4, 0.5) is 14.9 Å². The third-order valence-corrected chi connectivity index (χ3v) is 4.77. The van der Waals surface area contributed by atoms with Crippen molar-refractivity contribution < 1.29 is 24.0 Å². The number of nitro benzene ring substituents is 1. The Bertz CT molecular complexity index is 955. The molecule has 2 aromatic rings. The average molecular weight is 408 g/mol. The van der Waals surface area contributed by atoms with Gasteiger partial charge < -0.3 is 14.9 Å². The molecule has 1 heterocycles. The maximum Gasteiger partial charge on any atom is 0.407 e. The van der Waals surface area contributed by atoms with Crippen LogP contribution < -0.4 is 0 Å². The highest BCUT2D eigenvalue weighted by molar-refractivity contribution is 6.30. The Morgan fingerprint density at radius 2 is 1.96 bits per heavy atom. The average Bonchev–Trinajstić information content (AvgIpc) is 2.66. The van der Waals surface area contributed by atoms with Gasteiger partial charge in [0, 0.05) is 30.7 Å². The van der Waals surface area contributed by atoms with Gasteiger partial charge in [-0.3, -0.25) is 14.9 Å². The smallest absolute Gasteiger partial charge is 0.407 e. The predicted molar refractivity (Wildman–Crippen MR) is 97.9 cm³/mol. The van der Waals surface area contributed by atoms with Gasteiger partial charge in [0.15, 0.2) is 0 Å². The van der Waals surface area contributed by atoms with E-state index in [2.05, 4.69) is 0 Å². The molecule has 1 saturated heterocycles. The molecule has 1 unspecified atom stereocenters. The van der Waals surface area contributed by atoms with E-state index in [1.165, 1.54) is 9.80 Å². The van der Waals surface area contributed by atoms with Gasteiger partial charge in [-0.25, -0.2) is 9.18 Å². The summed E-state index contributed by atoms with van der Waals surface area (Å²) in [7, 11) is 0. The van der Waals surface area contributed by atoms with E-state index in [9.17, 15) is 29.2 Å². The minimum atomic E-state index is -1.12. The van der Waals surface area contributed by atoms with E-state index < -0.39 is 34.5 Å². The van der Waals surface area contributed by atoms with E-state index in [-0.39, 0.29) is 25.2 Å². The van der Waals surface area contributed by atoms with Crippen molar-refractivity contribution in [1.29, 1.82) is 0 Å². The fraction of sp³-hybridized carbons (Fsp3) is 0.222. The number of carbonyl (C=O) groups is 2. The van der Waals surface area contributed by atoms with Crippen LogP contribution in [0.3, 0.4) is 0 Å². The van der Waals surface area contributed by atoms with E-state index in [4.69, 9.17) is 11.6 Å². The molecule has 0 aliphatic carbocycles. The van der Waals surface area contributed by atoms with Gasteiger partial charge in [0.2, 0.25) is 0 Å². The number of nitro groups is 1. The molecule has 10 heteroatoms. The lowest BCUT2D eigenvalue weighted by Gasteiger charge is -2.40. The molecule has 2 amide bonds. The Labute approximate surface area is 163 Å². The molecule has 146 valence electrons. The lowest BCUT2D eigenvalue weighted by atomic mass is 10.0. The second-order valence-electron chi connectivity index (χ2n) is 6.22. The van der Waals surface area contributed by atoms with Crippen LogP contribution in [0.5, 0.6) is 0 Å². The molecule has 0 radical (unpaired) electrons. The zero-order valence-corrected chi connectivity index (χ0v) is 15.2. The van der Waals surface area contributed by atoms with E-state index in [1.54, 1.807) is 24.3 Å². The molecule has 0 bridgehead atoms. The van der Waals surface area contributed by atoms with Gasteiger partial charge in [0.05, 0.1) is 22.6 Å². The highest BCUT2D eigenvalue weighted by Gasteiger charge is 2.35. The first-order valence-electron chi connectivity index (χ1n) is 8.26.